The van der Waals surface area contributed by atoms with Gasteiger partial charge in [-0.3, -0.25) is 4.79 Å². The number of nitrogens with one attached hydrogen (secondary N) is 1. The molecule has 0 atom stereocenters. The van der Waals surface area contributed by atoms with Crippen LogP contribution in [0.1, 0.15) is 15.9 Å². The van der Waals surface area contributed by atoms with Crippen LogP contribution in [0.15, 0.2) is 47.6 Å². The van der Waals surface area contributed by atoms with Crippen molar-refractivity contribution in [2.24, 2.45) is 5.10 Å². The highest BCUT2D eigenvalue weighted by molar-refractivity contribution is 14.1. The van der Waals surface area contributed by atoms with E-state index >= 15 is 0 Å². The Morgan fingerprint density at radius 3 is 2.36 bits per heavy atom. The van der Waals surface area contributed by atoms with E-state index in [4.69, 9.17) is 9.47 Å². The number of hydrogen-bond donors (Lipinski definition) is 1. The van der Waals surface area contributed by atoms with Gasteiger partial charge >= 0.3 is 0 Å². The van der Waals surface area contributed by atoms with Gasteiger partial charge in [0, 0.05) is 20.8 Å². The smallest absolute Gasteiger partial charge is 0.271 e. The van der Waals surface area contributed by atoms with Gasteiger partial charge in [0.05, 0.1) is 20.4 Å². The number of hydrazone groups is 1. The van der Waals surface area contributed by atoms with Crippen LogP contribution in [0.5, 0.6) is 11.5 Å². The molecule has 2 rings (SSSR count). The first-order valence-electron chi connectivity index (χ1n) is 6.45. The molecule has 0 bridgehead atoms. The van der Waals surface area contributed by atoms with Crippen LogP contribution in [0.2, 0.25) is 0 Å². The van der Waals surface area contributed by atoms with Gasteiger partial charge < -0.3 is 9.47 Å². The summed E-state index contributed by atoms with van der Waals surface area (Å²) in [5.41, 5.74) is 3.84. The van der Waals surface area contributed by atoms with E-state index in [1.807, 2.05) is 24.3 Å². The summed E-state index contributed by atoms with van der Waals surface area (Å²) in [6.45, 7) is 0. The quantitative estimate of drug-likeness (QED) is 0.468. The van der Waals surface area contributed by atoms with Crippen molar-refractivity contribution < 1.29 is 14.3 Å². The first kappa shape index (κ1) is 16.3. The zero-order chi connectivity index (χ0) is 15.9. The predicted octanol–water partition coefficient (Wildman–Crippen LogP) is 3.07. The van der Waals surface area contributed by atoms with Crippen LogP contribution >= 0.6 is 22.6 Å². The Kier molecular flexibility index (Phi) is 5.76. The number of benzene rings is 2. The average molecular weight is 410 g/mol. The largest absolute Gasteiger partial charge is 0.497 e. The maximum Gasteiger partial charge on any atom is 0.271 e. The van der Waals surface area contributed by atoms with Gasteiger partial charge in [-0.25, -0.2) is 5.43 Å². The molecule has 0 spiro atoms. The SMILES string of the molecule is COc1cc(OC)cc(C(=O)N/N=C\c2ccccc2I)c1. The van der Waals surface area contributed by atoms with Crippen molar-refractivity contribution in [2.75, 3.05) is 14.2 Å². The Balaban J connectivity index is 2.11. The summed E-state index contributed by atoms with van der Waals surface area (Å²) < 4.78 is 11.3. The molecule has 0 fully saturated rings. The minimum absolute atomic E-state index is 0.334. The molecule has 0 aliphatic rings. The van der Waals surface area contributed by atoms with Crippen LogP contribution in [-0.4, -0.2) is 26.3 Å². The summed E-state index contributed by atoms with van der Waals surface area (Å²) in [7, 11) is 3.07. The van der Waals surface area contributed by atoms with E-state index in [1.54, 1.807) is 24.4 Å². The lowest BCUT2D eigenvalue weighted by atomic mass is 10.2. The van der Waals surface area contributed by atoms with Crippen molar-refractivity contribution in [3.8, 4) is 11.5 Å². The van der Waals surface area contributed by atoms with E-state index in [0.717, 1.165) is 9.13 Å². The van der Waals surface area contributed by atoms with Crippen LogP contribution in [-0.2, 0) is 0 Å². The van der Waals surface area contributed by atoms with Crippen LogP contribution < -0.4 is 14.9 Å². The van der Waals surface area contributed by atoms with E-state index in [0.29, 0.717) is 17.1 Å². The van der Waals surface area contributed by atoms with Gasteiger partial charge in [-0.2, -0.15) is 5.10 Å². The van der Waals surface area contributed by atoms with Crippen molar-refractivity contribution in [1.29, 1.82) is 0 Å². The third kappa shape index (κ3) is 4.20. The lowest BCUT2D eigenvalue weighted by molar-refractivity contribution is 0.0954. The zero-order valence-electron chi connectivity index (χ0n) is 12.2. The molecule has 2 aromatic rings. The van der Waals surface area contributed by atoms with Crippen LogP contribution in [0.25, 0.3) is 0 Å². The molecule has 114 valence electrons. The Morgan fingerprint density at radius 1 is 1.14 bits per heavy atom. The molecule has 0 unspecified atom stereocenters. The normalized spacial score (nSPS) is 10.5. The van der Waals surface area contributed by atoms with Crippen molar-refractivity contribution in [3.05, 3.63) is 57.2 Å². The van der Waals surface area contributed by atoms with Crippen molar-refractivity contribution >= 4 is 34.7 Å². The summed E-state index contributed by atoms with van der Waals surface area (Å²) in [4.78, 5) is 12.1. The summed E-state index contributed by atoms with van der Waals surface area (Å²) >= 11 is 2.21. The van der Waals surface area contributed by atoms with Gasteiger partial charge in [0.2, 0.25) is 0 Å². The molecule has 1 N–H and O–H groups in total. The van der Waals surface area contributed by atoms with Gasteiger partial charge in [-0.15, -0.1) is 0 Å². The number of amides is 1. The second-order valence-electron chi connectivity index (χ2n) is 4.32. The second kappa shape index (κ2) is 7.79. The molecular formula is C16H15IN2O3. The van der Waals surface area contributed by atoms with Gasteiger partial charge in [0.25, 0.3) is 5.91 Å². The summed E-state index contributed by atoms with van der Waals surface area (Å²) in [6, 6.07) is 12.7. The molecule has 0 saturated heterocycles. The second-order valence-corrected chi connectivity index (χ2v) is 5.48. The fraction of sp³-hybridized carbons (Fsp3) is 0.125. The number of hydrogen-bond acceptors (Lipinski definition) is 4. The van der Waals surface area contributed by atoms with E-state index in [9.17, 15) is 4.79 Å². The summed E-state index contributed by atoms with van der Waals surface area (Å²) in [5.74, 6) is 0.761. The number of methoxy groups -OCH3 is 2. The first-order valence-corrected chi connectivity index (χ1v) is 7.53. The van der Waals surface area contributed by atoms with E-state index < -0.39 is 0 Å². The molecule has 1 amide bonds. The van der Waals surface area contributed by atoms with E-state index in [-0.39, 0.29) is 5.91 Å². The molecule has 2 aromatic carbocycles. The number of ether oxygens (including phenoxy) is 2. The number of halogens is 1. The predicted molar refractivity (Wildman–Crippen MR) is 93.8 cm³/mol. The molecular weight excluding hydrogens is 395 g/mol. The molecule has 5 nitrogen and oxygen atoms in total. The third-order valence-corrected chi connectivity index (χ3v) is 3.87. The topological polar surface area (TPSA) is 59.9 Å². The maximum atomic E-state index is 12.1. The third-order valence-electron chi connectivity index (χ3n) is 2.89. The van der Waals surface area contributed by atoms with Gasteiger partial charge in [0.15, 0.2) is 0 Å². The Bertz CT molecular complexity index is 679. The van der Waals surface area contributed by atoms with E-state index in [1.165, 1.54) is 14.2 Å². The van der Waals surface area contributed by atoms with Crippen LogP contribution in [0.4, 0.5) is 0 Å². The van der Waals surface area contributed by atoms with Crippen LogP contribution in [0, 0.1) is 3.57 Å². The number of nitrogens with zero attached hydrogens (tertiary/aromatic N) is 1. The molecule has 6 heteroatoms. The molecule has 0 aliphatic carbocycles. The number of carbonyl (C=O) groups is 1. The maximum absolute atomic E-state index is 12.1. The standard InChI is InChI=1S/C16H15IN2O3/c1-21-13-7-12(8-14(9-13)22-2)16(20)19-18-10-11-5-3-4-6-15(11)17/h3-10H,1-2H3,(H,19,20)/b18-10-. The molecule has 0 aromatic heterocycles. The lowest BCUT2D eigenvalue weighted by Crippen LogP contribution is -2.17. The summed E-state index contributed by atoms with van der Waals surface area (Å²) in [6.07, 6.45) is 1.61. The highest BCUT2D eigenvalue weighted by Crippen LogP contribution is 2.22. The van der Waals surface area contributed by atoms with Crippen LogP contribution in [0.3, 0.4) is 0 Å². The molecule has 0 heterocycles. The fourth-order valence-electron chi connectivity index (χ4n) is 1.74. The molecule has 22 heavy (non-hydrogen) atoms. The first-order chi connectivity index (χ1) is 10.6. The zero-order valence-corrected chi connectivity index (χ0v) is 14.3. The average Bonchev–Trinajstić information content (AvgIpc) is 2.55. The fourth-order valence-corrected chi connectivity index (χ4v) is 2.27. The minimum atomic E-state index is -0.334. The van der Waals surface area contributed by atoms with Crippen molar-refractivity contribution in [3.63, 3.8) is 0 Å². The van der Waals surface area contributed by atoms with Crippen molar-refractivity contribution in [2.45, 2.75) is 0 Å². The number of rotatable bonds is 5. The molecule has 0 radical (unpaired) electrons. The highest BCUT2D eigenvalue weighted by atomic mass is 127. The Hall–Kier alpha value is -2.09. The Labute approximate surface area is 142 Å². The number of carbonyl (C=O) groups excluding carboxylic acids is 1. The highest BCUT2D eigenvalue weighted by Gasteiger charge is 2.09. The van der Waals surface area contributed by atoms with Crippen molar-refractivity contribution in [1.82, 2.24) is 5.43 Å². The van der Waals surface area contributed by atoms with Gasteiger partial charge in [-0.1, -0.05) is 18.2 Å². The van der Waals surface area contributed by atoms with Gasteiger partial charge in [-0.05, 0) is 40.8 Å². The Morgan fingerprint density at radius 2 is 1.77 bits per heavy atom. The van der Waals surface area contributed by atoms with Gasteiger partial charge in [0.1, 0.15) is 11.5 Å². The van der Waals surface area contributed by atoms with E-state index in [2.05, 4.69) is 33.1 Å². The lowest BCUT2D eigenvalue weighted by Gasteiger charge is -2.07. The molecule has 0 saturated carbocycles. The summed E-state index contributed by atoms with van der Waals surface area (Å²) in [5, 5.41) is 3.98. The monoisotopic (exact) mass is 410 g/mol. The minimum Gasteiger partial charge on any atom is -0.497 e. The molecule has 0 aliphatic heterocycles.